The maximum atomic E-state index is 13.9. The van der Waals surface area contributed by atoms with Crippen LogP contribution in [0.1, 0.15) is 35.6 Å². The number of ether oxygens (including phenoxy) is 2. The molecule has 214 valence electrons. The number of hydroxylamine groups is 2. The average molecular weight is 567 g/mol. The summed E-state index contributed by atoms with van der Waals surface area (Å²) in [5.41, 5.74) is 7.65. The van der Waals surface area contributed by atoms with E-state index in [0.717, 1.165) is 22.3 Å². The Bertz CT molecular complexity index is 1560. The number of nitrogens with zero attached hydrogens (tertiary/aromatic N) is 2. The molecule has 3 N–H and O–H groups in total. The summed E-state index contributed by atoms with van der Waals surface area (Å²) < 4.78 is 11.4. The largest absolute Gasteiger partial charge is 0.459 e. The fraction of sp³-hybridized carbons (Fsp3) is 0.312. The van der Waals surface area contributed by atoms with Gasteiger partial charge in [0.1, 0.15) is 18.2 Å². The van der Waals surface area contributed by atoms with Crippen molar-refractivity contribution in [2.24, 2.45) is 11.7 Å². The number of fused-ring (bicyclic) bond motifs is 2. The molecular weight excluding hydrogens is 536 g/mol. The summed E-state index contributed by atoms with van der Waals surface area (Å²) >= 11 is 0. The van der Waals surface area contributed by atoms with E-state index < -0.39 is 47.6 Å². The van der Waals surface area contributed by atoms with Crippen molar-refractivity contribution in [3.8, 4) is 11.8 Å². The van der Waals surface area contributed by atoms with Gasteiger partial charge in [0.2, 0.25) is 5.91 Å². The SMILES string of the molecule is CC(=O)OC1C2C(C(=O)NCc3cccnc3)N(Cc3cccc(C#Cc4ccccc4)c3)O[C@@]2(C(N)=O)C[C@@H]2O[C@H]12. The Kier molecular flexibility index (Phi) is 7.47. The Morgan fingerprint density at radius 3 is 2.57 bits per heavy atom. The summed E-state index contributed by atoms with van der Waals surface area (Å²) in [5.74, 6) is 3.74. The second-order valence-corrected chi connectivity index (χ2v) is 10.7. The number of carbonyl (C=O) groups excluding carboxylic acids is 3. The third-order valence-corrected chi connectivity index (χ3v) is 7.84. The number of epoxide rings is 1. The molecule has 1 saturated carbocycles. The summed E-state index contributed by atoms with van der Waals surface area (Å²) in [6.45, 7) is 1.64. The lowest BCUT2D eigenvalue weighted by Crippen LogP contribution is -2.61. The van der Waals surface area contributed by atoms with Gasteiger partial charge in [-0.25, -0.2) is 0 Å². The Morgan fingerprint density at radius 1 is 1.07 bits per heavy atom. The first-order valence-corrected chi connectivity index (χ1v) is 13.7. The average Bonchev–Trinajstić information content (AvgIpc) is 3.68. The minimum absolute atomic E-state index is 0.153. The van der Waals surface area contributed by atoms with E-state index in [1.165, 1.54) is 12.0 Å². The first-order valence-electron chi connectivity index (χ1n) is 13.7. The van der Waals surface area contributed by atoms with Gasteiger partial charge in [0.05, 0.1) is 18.6 Å². The second kappa shape index (κ2) is 11.4. The number of rotatable bonds is 7. The maximum Gasteiger partial charge on any atom is 0.303 e. The van der Waals surface area contributed by atoms with Crippen molar-refractivity contribution in [2.45, 2.75) is 56.4 Å². The number of amides is 2. The van der Waals surface area contributed by atoms with E-state index in [1.807, 2.05) is 60.7 Å². The molecule has 1 aromatic heterocycles. The molecule has 2 aliphatic heterocycles. The Balaban J connectivity index is 1.32. The van der Waals surface area contributed by atoms with Crippen LogP contribution in [-0.2, 0) is 41.8 Å². The monoisotopic (exact) mass is 566 g/mol. The third kappa shape index (κ3) is 5.50. The van der Waals surface area contributed by atoms with Gasteiger partial charge in [0, 0.05) is 43.4 Å². The number of hydrogen-bond acceptors (Lipinski definition) is 8. The lowest BCUT2D eigenvalue weighted by Gasteiger charge is -2.37. The lowest BCUT2D eigenvalue weighted by molar-refractivity contribution is -0.218. The molecule has 6 atom stereocenters. The predicted molar refractivity (Wildman–Crippen MR) is 150 cm³/mol. The van der Waals surface area contributed by atoms with Crippen LogP contribution in [0.25, 0.3) is 0 Å². The van der Waals surface area contributed by atoms with Gasteiger partial charge in [-0.1, -0.05) is 48.2 Å². The topological polar surface area (TPSA) is 136 Å². The van der Waals surface area contributed by atoms with Gasteiger partial charge in [-0.15, -0.1) is 0 Å². The molecule has 2 aromatic carbocycles. The van der Waals surface area contributed by atoms with E-state index in [2.05, 4.69) is 22.1 Å². The molecule has 0 bridgehead atoms. The van der Waals surface area contributed by atoms with Gasteiger partial charge >= 0.3 is 5.97 Å². The van der Waals surface area contributed by atoms with Crippen molar-refractivity contribution < 1.29 is 28.7 Å². The summed E-state index contributed by atoms with van der Waals surface area (Å²) in [6.07, 6.45) is 1.75. The summed E-state index contributed by atoms with van der Waals surface area (Å²) in [4.78, 5) is 49.6. The molecule has 3 aromatic rings. The zero-order chi connectivity index (χ0) is 29.3. The zero-order valence-corrected chi connectivity index (χ0v) is 22.9. The lowest BCUT2D eigenvalue weighted by atomic mass is 9.70. The van der Waals surface area contributed by atoms with Crippen LogP contribution in [0.15, 0.2) is 79.1 Å². The van der Waals surface area contributed by atoms with Crippen LogP contribution in [0.4, 0.5) is 0 Å². The smallest absolute Gasteiger partial charge is 0.303 e. The van der Waals surface area contributed by atoms with E-state index >= 15 is 0 Å². The van der Waals surface area contributed by atoms with Gasteiger partial charge < -0.3 is 20.5 Å². The van der Waals surface area contributed by atoms with Crippen LogP contribution >= 0.6 is 0 Å². The molecule has 2 saturated heterocycles. The number of primary amides is 1. The molecule has 3 aliphatic rings. The predicted octanol–water partition coefficient (Wildman–Crippen LogP) is 1.86. The van der Waals surface area contributed by atoms with Gasteiger partial charge in [0.25, 0.3) is 5.91 Å². The minimum atomic E-state index is -1.60. The number of esters is 1. The number of benzene rings is 2. The van der Waals surface area contributed by atoms with E-state index in [0.29, 0.717) is 0 Å². The summed E-state index contributed by atoms with van der Waals surface area (Å²) in [5, 5.41) is 4.43. The number of pyridine rings is 1. The van der Waals surface area contributed by atoms with Crippen molar-refractivity contribution >= 4 is 17.8 Å². The van der Waals surface area contributed by atoms with Crippen LogP contribution in [0.2, 0.25) is 0 Å². The van der Waals surface area contributed by atoms with Gasteiger partial charge in [-0.3, -0.25) is 24.2 Å². The number of carbonyl (C=O) groups is 3. The molecule has 2 amide bonds. The van der Waals surface area contributed by atoms with Crippen LogP contribution in [0, 0.1) is 17.8 Å². The van der Waals surface area contributed by atoms with Crippen molar-refractivity contribution in [1.29, 1.82) is 0 Å². The Labute approximate surface area is 243 Å². The first kappa shape index (κ1) is 27.6. The Hall–Kier alpha value is -4.56. The number of hydrogen-bond donors (Lipinski definition) is 2. The molecule has 42 heavy (non-hydrogen) atoms. The fourth-order valence-electron chi connectivity index (χ4n) is 5.95. The number of aromatic nitrogens is 1. The van der Waals surface area contributed by atoms with Crippen molar-refractivity contribution in [3.05, 3.63) is 101 Å². The van der Waals surface area contributed by atoms with E-state index in [9.17, 15) is 14.4 Å². The molecule has 0 radical (unpaired) electrons. The second-order valence-electron chi connectivity index (χ2n) is 10.7. The van der Waals surface area contributed by atoms with E-state index in [4.69, 9.17) is 20.0 Å². The fourth-order valence-corrected chi connectivity index (χ4v) is 5.95. The number of nitrogens with one attached hydrogen (secondary N) is 1. The van der Waals surface area contributed by atoms with Crippen LogP contribution in [-0.4, -0.2) is 57.8 Å². The maximum absolute atomic E-state index is 13.9. The van der Waals surface area contributed by atoms with Crippen LogP contribution in [0.5, 0.6) is 0 Å². The minimum Gasteiger partial charge on any atom is -0.459 e. The molecule has 0 spiro atoms. The zero-order valence-electron chi connectivity index (χ0n) is 22.9. The van der Waals surface area contributed by atoms with Gasteiger partial charge in [-0.05, 0) is 41.5 Å². The molecule has 3 heterocycles. The summed E-state index contributed by atoms with van der Waals surface area (Å²) in [7, 11) is 0. The van der Waals surface area contributed by atoms with Gasteiger partial charge in [0.15, 0.2) is 5.60 Å². The highest BCUT2D eigenvalue weighted by Crippen LogP contribution is 2.54. The highest BCUT2D eigenvalue weighted by Gasteiger charge is 2.73. The highest BCUT2D eigenvalue weighted by molar-refractivity contribution is 5.89. The number of nitrogens with two attached hydrogens (primary N) is 1. The molecular formula is C32H30N4O6. The Morgan fingerprint density at radius 2 is 1.83 bits per heavy atom. The van der Waals surface area contributed by atoms with Crippen molar-refractivity contribution in [1.82, 2.24) is 15.4 Å². The molecule has 3 unspecified atom stereocenters. The molecule has 6 rings (SSSR count). The molecule has 10 heteroatoms. The quantitative estimate of drug-likeness (QED) is 0.251. The van der Waals surface area contributed by atoms with Crippen molar-refractivity contribution in [3.63, 3.8) is 0 Å². The summed E-state index contributed by atoms with van der Waals surface area (Å²) in [6, 6.07) is 19.8. The molecule has 1 aliphatic carbocycles. The highest BCUT2D eigenvalue weighted by atomic mass is 16.7. The van der Waals surface area contributed by atoms with Crippen LogP contribution in [0.3, 0.4) is 0 Å². The first-order chi connectivity index (χ1) is 20.3. The van der Waals surface area contributed by atoms with E-state index in [-0.39, 0.29) is 25.6 Å². The van der Waals surface area contributed by atoms with Crippen molar-refractivity contribution in [2.75, 3.05) is 0 Å². The van der Waals surface area contributed by atoms with Crippen LogP contribution < -0.4 is 11.1 Å². The molecule has 3 fully saturated rings. The molecule has 10 nitrogen and oxygen atoms in total. The van der Waals surface area contributed by atoms with E-state index in [1.54, 1.807) is 18.5 Å². The normalized spacial score (nSPS) is 27.5. The van der Waals surface area contributed by atoms with Gasteiger partial charge in [-0.2, -0.15) is 5.06 Å². The third-order valence-electron chi connectivity index (χ3n) is 7.84. The standard InChI is InChI=1S/C32H30N4O6/c1-20(37)40-29-26-27(30(38)35-18-24-11-6-14-34-17-24)36(42-32(26,31(33)39)16-25-28(29)41-25)19-23-10-5-9-22(15-23)13-12-21-7-3-2-4-8-21/h2-11,14-15,17,25-29H,16,18-19H2,1H3,(H2,33,39)(H,35,38)/t25-,26?,27?,28-,29?,32-/m0/s1.